The minimum Gasteiger partial charge on any atom is -0.461 e. The molecule has 0 saturated carbocycles. The molecule has 17 heavy (non-hydrogen) atoms. The molecular formula is C11H11N3O3. The molecule has 1 aromatic heterocycles. The predicted molar refractivity (Wildman–Crippen MR) is 62.7 cm³/mol. The lowest BCUT2D eigenvalue weighted by Crippen LogP contribution is -2.22. The van der Waals surface area contributed by atoms with Crippen molar-refractivity contribution in [3.8, 4) is 0 Å². The van der Waals surface area contributed by atoms with E-state index in [2.05, 4.69) is 9.97 Å². The van der Waals surface area contributed by atoms with Gasteiger partial charge in [-0.15, -0.1) is 0 Å². The minimum atomic E-state index is -0.729. The minimum absolute atomic E-state index is 0.194. The number of esters is 1. The van der Waals surface area contributed by atoms with Crippen LogP contribution in [0.1, 0.15) is 17.4 Å². The molecule has 0 fully saturated rings. The van der Waals surface area contributed by atoms with Crippen molar-refractivity contribution in [1.29, 1.82) is 0 Å². The Morgan fingerprint density at radius 2 is 2.29 bits per heavy atom. The van der Waals surface area contributed by atoms with Gasteiger partial charge < -0.3 is 15.5 Å². The van der Waals surface area contributed by atoms with E-state index in [-0.39, 0.29) is 12.3 Å². The van der Waals surface area contributed by atoms with Gasteiger partial charge >= 0.3 is 5.97 Å². The number of nitrogens with two attached hydrogens (primary N) is 1. The van der Waals surface area contributed by atoms with Gasteiger partial charge in [-0.25, -0.2) is 9.78 Å². The fraction of sp³-hybridized carbons (Fsp3) is 0.182. The number of fused-ring (bicyclic) bond motifs is 1. The molecule has 3 N–H and O–H groups in total. The molecule has 0 saturated heterocycles. The monoisotopic (exact) mass is 233 g/mol. The van der Waals surface area contributed by atoms with Crippen LogP contribution in [0.25, 0.3) is 11.0 Å². The number of nitrogen functional groups attached to an aromatic ring is 1. The number of aromatic nitrogens is 2. The number of H-pyrrole nitrogens is 1. The SMILES string of the molecule is CCOC(=O)c1nc2ccc(N)cc2[nH]c1=O. The van der Waals surface area contributed by atoms with Gasteiger partial charge in [0.2, 0.25) is 5.69 Å². The maximum atomic E-state index is 11.6. The highest BCUT2D eigenvalue weighted by Gasteiger charge is 2.14. The second-order valence-corrected chi connectivity index (χ2v) is 3.41. The van der Waals surface area contributed by atoms with Crippen molar-refractivity contribution in [2.24, 2.45) is 0 Å². The van der Waals surface area contributed by atoms with E-state index in [9.17, 15) is 9.59 Å². The van der Waals surface area contributed by atoms with Crippen molar-refractivity contribution in [2.75, 3.05) is 12.3 Å². The molecule has 0 unspecified atom stereocenters. The van der Waals surface area contributed by atoms with E-state index in [0.29, 0.717) is 16.7 Å². The first-order chi connectivity index (χ1) is 8.11. The topological polar surface area (TPSA) is 98.1 Å². The maximum Gasteiger partial charge on any atom is 0.362 e. The summed E-state index contributed by atoms with van der Waals surface area (Å²) >= 11 is 0. The first-order valence-corrected chi connectivity index (χ1v) is 5.08. The summed E-state index contributed by atoms with van der Waals surface area (Å²) in [5, 5.41) is 0. The standard InChI is InChI=1S/C11H11N3O3/c1-2-17-11(16)9-10(15)14-8-5-6(12)3-4-7(8)13-9/h3-5H,2,12H2,1H3,(H,14,15). The van der Waals surface area contributed by atoms with Crippen molar-refractivity contribution < 1.29 is 9.53 Å². The molecule has 1 heterocycles. The van der Waals surface area contributed by atoms with Gasteiger partial charge in [0.05, 0.1) is 17.6 Å². The van der Waals surface area contributed by atoms with Crippen LogP contribution >= 0.6 is 0 Å². The third-order valence-electron chi connectivity index (χ3n) is 2.18. The third kappa shape index (κ3) is 2.10. The molecule has 0 bridgehead atoms. The van der Waals surface area contributed by atoms with Gasteiger partial charge in [0, 0.05) is 5.69 Å². The van der Waals surface area contributed by atoms with Crippen LogP contribution in [0.3, 0.4) is 0 Å². The highest BCUT2D eigenvalue weighted by atomic mass is 16.5. The quantitative estimate of drug-likeness (QED) is 0.587. The number of carbonyl (C=O) groups is 1. The smallest absolute Gasteiger partial charge is 0.362 e. The predicted octanol–water partition coefficient (Wildman–Crippen LogP) is 0.682. The first-order valence-electron chi connectivity index (χ1n) is 5.08. The van der Waals surface area contributed by atoms with E-state index in [0.717, 1.165) is 0 Å². The molecule has 0 aliphatic heterocycles. The van der Waals surface area contributed by atoms with Gasteiger partial charge in [-0.1, -0.05) is 0 Å². The summed E-state index contributed by atoms with van der Waals surface area (Å²) in [6.45, 7) is 1.85. The summed E-state index contributed by atoms with van der Waals surface area (Å²) in [4.78, 5) is 29.5. The van der Waals surface area contributed by atoms with Gasteiger partial charge in [0.25, 0.3) is 5.56 Å². The maximum absolute atomic E-state index is 11.6. The zero-order valence-corrected chi connectivity index (χ0v) is 9.19. The summed E-state index contributed by atoms with van der Waals surface area (Å²) in [7, 11) is 0. The number of hydrogen-bond acceptors (Lipinski definition) is 5. The summed E-state index contributed by atoms with van der Waals surface area (Å²) in [5.74, 6) is -0.729. The van der Waals surface area contributed by atoms with Crippen molar-refractivity contribution in [1.82, 2.24) is 9.97 Å². The molecule has 0 amide bonds. The molecule has 0 spiro atoms. The molecule has 0 aliphatic carbocycles. The number of rotatable bonds is 2. The molecule has 0 atom stereocenters. The normalized spacial score (nSPS) is 10.4. The van der Waals surface area contributed by atoms with Crippen LogP contribution < -0.4 is 11.3 Å². The molecule has 2 aromatic rings. The molecule has 2 rings (SSSR count). The fourth-order valence-corrected chi connectivity index (χ4v) is 1.44. The Bertz CT molecular complexity index is 633. The summed E-state index contributed by atoms with van der Waals surface area (Å²) < 4.78 is 4.74. The van der Waals surface area contributed by atoms with Crippen molar-refractivity contribution in [3.63, 3.8) is 0 Å². The van der Waals surface area contributed by atoms with Crippen LogP contribution in [0, 0.1) is 0 Å². The largest absolute Gasteiger partial charge is 0.461 e. The zero-order valence-electron chi connectivity index (χ0n) is 9.19. The average molecular weight is 233 g/mol. The highest BCUT2D eigenvalue weighted by molar-refractivity contribution is 5.89. The van der Waals surface area contributed by atoms with Gasteiger partial charge in [-0.2, -0.15) is 0 Å². The van der Waals surface area contributed by atoms with Crippen molar-refractivity contribution >= 4 is 22.7 Å². The Kier molecular flexibility index (Phi) is 2.78. The summed E-state index contributed by atoms with van der Waals surface area (Å²) in [5.41, 5.74) is 6.24. The van der Waals surface area contributed by atoms with E-state index in [4.69, 9.17) is 10.5 Å². The Labute approximate surface area is 96.4 Å². The van der Waals surface area contributed by atoms with E-state index in [1.165, 1.54) is 0 Å². The average Bonchev–Trinajstić information content (AvgIpc) is 2.28. The Morgan fingerprint density at radius 1 is 1.53 bits per heavy atom. The molecule has 6 nitrogen and oxygen atoms in total. The first kappa shape index (κ1) is 11.1. The Morgan fingerprint density at radius 3 is 3.00 bits per heavy atom. The lowest BCUT2D eigenvalue weighted by atomic mass is 10.2. The van der Waals surface area contributed by atoms with Crippen LogP contribution in [0.5, 0.6) is 0 Å². The van der Waals surface area contributed by atoms with E-state index >= 15 is 0 Å². The second kappa shape index (κ2) is 4.25. The number of benzene rings is 1. The van der Waals surface area contributed by atoms with E-state index < -0.39 is 11.5 Å². The molecule has 1 aromatic carbocycles. The molecule has 6 heteroatoms. The lowest BCUT2D eigenvalue weighted by molar-refractivity contribution is 0.0517. The van der Waals surface area contributed by atoms with Crippen LogP contribution in [0.2, 0.25) is 0 Å². The highest BCUT2D eigenvalue weighted by Crippen LogP contribution is 2.11. The molecule has 0 aliphatic rings. The lowest BCUT2D eigenvalue weighted by Gasteiger charge is -2.02. The number of aromatic amines is 1. The third-order valence-corrected chi connectivity index (χ3v) is 2.18. The Balaban J connectivity index is 2.60. The summed E-state index contributed by atoms with van der Waals surface area (Å²) in [6, 6.07) is 4.85. The van der Waals surface area contributed by atoms with Gasteiger partial charge in [-0.3, -0.25) is 4.79 Å². The van der Waals surface area contributed by atoms with Crippen LogP contribution in [-0.2, 0) is 4.74 Å². The molecule has 88 valence electrons. The van der Waals surface area contributed by atoms with E-state index in [1.807, 2.05) is 0 Å². The molecular weight excluding hydrogens is 222 g/mol. The summed E-state index contributed by atoms with van der Waals surface area (Å²) in [6.07, 6.45) is 0. The zero-order chi connectivity index (χ0) is 12.4. The second-order valence-electron chi connectivity index (χ2n) is 3.41. The Hall–Kier alpha value is -2.37. The number of nitrogens with zero attached hydrogens (tertiary/aromatic N) is 1. The van der Waals surface area contributed by atoms with Crippen LogP contribution in [-0.4, -0.2) is 22.5 Å². The van der Waals surface area contributed by atoms with Gasteiger partial charge in [0.1, 0.15) is 0 Å². The van der Waals surface area contributed by atoms with Crippen LogP contribution in [0.4, 0.5) is 5.69 Å². The van der Waals surface area contributed by atoms with Crippen molar-refractivity contribution in [3.05, 3.63) is 34.2 Å². The molecule has 0 radical (unpaired) electrons. The van der Waals surface area contributed by atoms with Gasteiger partial charge in [0.15, 0.2) is 0 Å². The number of carbonyl (C=O) groups excluding carboxylic acids is 1. The number of nitrogens with one attached hydrogen (secondary N) is 1. The van der Waals surface area contributed by atoms with Crippen LogP contribution in [0.15, 0.2) is 23.0 Å². The number of anilines is 1. The fourth-order valence-electron chi connectivity index (χ4n) is 1.44. The van der Waals surface area contributed by atoms with Crippen molar-refractivity contribution in [2.45, 2.75) is 6.92 Å². The number of hydrogen-bond donors (Lipinski definition) is 2. The van der Waals surface area contributed by atoms with Gasteiger partial charge in [-0.05, 0) is 25.1 Å². The van der Waals surface area contributed by atoms with E-state index in [1.54, 1.807) is 25.1 Å². The number of ether oxygens (including phenoxy) is 1.